The largest absolute Gasteiger partial charge is 0.352 e. The number of ketones is 1. The van der Waals surface area contributed by atoms with Crippen LogP contribution in [0.5, 0.6) is 0 Å². The molecule has 0 spiro atoms. The first-order valence-electron chi connectivity index (χ1n) is 4.93. The Kier molecular flexibility index (Phi) is 2.73. The number of rotatable bonds is 3. The standard InChI is InChI=1S/C12H11F2NO/c1-7(16)11-3-8-2-9(5-13)10(6-14)4-12(8)15-11/h2-4,15H,5-6H2,1H3. The highest BCUT2D eigenvalue weighted by atomic mass is 19.1. The zero-order valence-corrected chi connectivity index (χ0v) is 8.81. The number of benzene rings is 1. The number of halogens is 2. The van der Waals surface area contributed by atoms with Gasteiger partial charge in [-0.3, -0.25) is 4.79 Å². The number of carbonyl (C=O) groups is 1. The number of hydrogen-bond acceptors (Lipinski definition) is 1. The van der Waals surface area contributed by atoms with E-state index in [0.717, 1.165) is 5.39 Å². The highest BCUT2D eigenvalue weighted by Gasteiger charge is 2.09. The van der Waals surface area contributed by atoms with Crippen LogP contribution in [0.2, 0.25) is 0 Å². The Hall–Kier alpha value is -1.71. The van der Waals surface area contributed by atoms with E-state index in [1.165, 1.54) is 6.92 Å². The maximum absolute atomic E-state index is 12.6. The molecule has 0 aliphatic rings. The second kappa shape index (κ2) is 4.04. The van der Waals surface area contributed by atoms with Crippen molar-refractivity contribution < 1.29 is 13.6 Å². The van der Waals surface area contributed by atoms with Gasteiger partial charge in [0.15, 0.2) is 5.78 Å². The van der Waals surface area contributed by atoms with Gasteiger partial charge in [0, 0.05) is 17.8 Å². The monoisotopic (exact) mass is 223 g/mol. The first-order chi connectivity index (χ1) is 7.65. The lowest BCUT2D eigenvalue weighted by Gasteiger charge is -2.02. The van der Waals surface area contributed by atoms with Crippen molar-refractivity contribution >= 4 is 16.7 Å². The molecular formula is C12H11F2NO. The fourth-order valence-corrected chi connectivity index (χ4v) is 1.71. The molecule has 0 radical (unpaired) electrons. The molecule has 2 nitrogen and oxygen atoms in total. The molecule has 1 N–H and O–H groups in total. The fraction of sp³-hybridized carbons (Fsp3) is 0.250. The van der Waals surface area contributed by atoms with Gasteiger partial charge < -0.3 is 4.98 Å². The van der Waals surface area contributed by atoms with Gasteiger partial charge in [-0.1, -0.05) is 0 Å². The van der Waals surface area contributed by atoms with Crippen LogP contribution in [0.15, 0.2) is 18.2 Å². The number of hydrogen-bond donors (Lipinski definition) is 1. The molecular weight excluding hydrogens is 212 g/mol. The van der Waals surface area contributed by atoms with Crippen LogP contribution in [0, 0.1) is 0 Å². The second-order valence-electron chi connectivity index (χ2n) is 3.71. The summed E-state index contributed by atoms with van der Waals surface area (Å²) in [7, 11) is 0. The first-order valence-corrected chi connectivity index (χ1v) is 4.93. The van der Waals surface area contributed by atoms with Gasteiger partial charge in [0.05, 0.1) is 5.69 Å². The van der Waals surface area contributed by atoms with Crippen LogP contribution in [-0.4, -0.2) is 10.8 Å². The third-order valence-electron chi connectivity index (χ3n) is 2.61. The van der Waals surface area contributed by atoms with E-state index in [1.54, 1.807) is 18.2 Å². The molecule has 1 heterocycles. The van der Waals surface area contributed by atoms with E-state index >= 15 is 0 Å². The Morgan fingerprint density at radius 3 is 2.38 bits per heavy atom. The van der Waals surface area contributed by atoms with Crippen molar-refractivity contribution in [2.45, 2.75) is 20.3 Å². The molecule has 0 bridgehead atoms. The van der Waals surface area contributed by atoms with E-state index in [-0.39, 0.29) is 5.78 Å². The summed E-state index contributed by atoms with van der Waals surface area (Å²) in [6.07, 6.45) is 0. The molecule has 0 fully saturated rings. The minimum atomic E-state index is -0.705. The number of nitrogens with one attached hydrogen (secondary N) is 1. The lowest BCUT2D eigenvalue weighted by molar-refractivity contribution is 0.101. The maximum Gasteiger partial charge on any atom is 0.175 e. The van der Waals surface area contributed by atoms with Crippen LogP contribution >= 0.6 is 0 Å². The average Bonchev–Trinajstić information content (AvgIpc) is 2.69. The minimum Gasteiger partial charge on any atom is -0.352 e. The van der Waals surface area contributed by atoms with Gasteiger partial charge in [-0.05, 0) is 29.3 Å². The normalized spacial score (nSPS) is 10.9. The summed E-state index contributed by atoms with van der Waals surface area (Å²) in [5.74, 6) is -0.0974. The van der Waals surface area contributed by atoms with E-state index in [1.807, 2.05) is 0 Å². The Balaban J connectivity index is 2.64. The van der Waals surface area contributed by atoms with Crippen molar-refractivity contribution in [3.05, 3.63) is 35.0 Å². The summed E-state index contributed by atoms with van der Waals surface area (Å²) < 4.78 is 25.2. The van der Waals surface area contributed by atoms with E-state index < -0.39 is 13.3 Å². The molecule has 0 aliphatic heterocycles. The summed E-state index contributed by atoms with van der Waals surface area (Å²) in [4.78, 5) is 14.0. The first kappa shape index (κ1) is 10.8. The molecule has 84 valence electrons. The number of alkyl halides is 2. The van der Waals surface area contributed by atoms with Crippen LogP contribution in [0.4, 0.5) is 8.78 Å². The molecule has 2 rings (SSSR count). The second-order valence-corrected chi connectivity index (χ2v) is 3.71. The molecule has 0 atom stereocenters. The Bertz CT molecular complexity index is 504. The summed E-state index contributed by atoms with van der Waals surface area (Å²) in [6.45, 7) is 0.0379. The number of fused-ring (bicyclic) bond motifs is 1. The quantitative estimate of drug-likeness (QED) is 0.795. The van der Waals surface area contributed by atoms with Crippen LogP contribution < -0.4 is 0 Å². The Morgan fingerprint density at radius 2 is 1.81 bits per heavy atom. The van der Waals surface area contributed by atoms with Crippen LogP contribution in [0.3, 0.4) is 0 Å². The predicted molar refractivity (Wildman–Crippen MR) is 57.9 cm³/mol. The molecule has 0 saturated heterocycles. The van der Waals surface area contributed by atoms with Crippen LogP contribution in [0.25, 0.3) is 10.9 Å². The van der Waals surface area contributed by atoms with Crippen molar-refractivity contribution in [3.8, 4) is 0 Å². The van der Waals surface area contributed by atoms with Gasteiger partial charge in [0.25, 0.3) is 0 Å². The summed E-state index contributed by atoms with van der Waals surface area (Å²) >= 11 is 0. The van der Waals surface area contributed by atoms with Gasteiger partial charge in [0.2, 0.25) is 0 Å². The highest BCUT2D eigenvalue weighted by Crippen LogP contribution is 2.22. The summed E-state index contributed by atoms with van der Waals surface area (Å²) in [5.41, 5.74) is 1.78. The molecule has 0 unspecified atom stereocenters. The van der Waals surface area contributed by atoms with Gasteiger partial charge in [-0.2, -0.15) is 0 Å². The molecule has 0 amide bonds. The average molecular weight is 223 g/mol. The summed E-state index contributed by atoms with van der Waals surface area (Å²) in [6, 6.07) is 4.78. The smallest absolute Gasteiger partial charge is 0.175 e. The topological polar surface area (TPSA) is 32.9 Å². The third kappa shape index (κ3) is 1.71. The third-order valence-corrected chi connectivity index (χ3v) is 2.61. The van der Waals surface area contributed by atoms with Crippen molar-refractivity contribution in [3.63, 3.8) is 0 Å². The number of H-pyrrole nitrogens is 1. The van der Waals surface area contributed by atoms with Crippen molar-refractivity contribution in [2.24, 2.45) is 0 Å². The zero-order valence-electron chi connectivity index (χ0n) is 8.81. The van der Waals surface area contributed by atoms with E-state index in [4.69, 9.17) is 0 Å². The van der Waals surface area contributed by atoms with Gasteiger partial charge in [-0.25, -0.2) is 8.78 Å². The summed E-state index contributed by atoms with van der Waals surface area (Å²) in [5, 5.41) is 0.732. The highest BCUT2D eigenvalue weighted by molar-refractivity contribution is 5.98. The minimum absolute atomic E-state index is 0.0974. The van der Waals surface area contributed by atoms with Crippen LogP contribution in [-0.2, 0) is 13.3 Å². The van der Waals surface area contributed by atoms with E-state index in [0.29, 0.717) is 22.3 Å². The molecule has 2 aromatic rings. The lowest BCUT2D eigenvalue weighted by Crippen LogP contribution is -1.90. The number of aromatic nitrogens is 1. The molecule has 0 saturated carbocycles. The lowest BCUT2D eigenvalue weighted by atomic mass is 10.1. The van der Waals surface area contributed by atoms with Crippen molar-refractivity contribution in [2.75, 3.05) is 0 Å². The Labute approximate surface area is 91.3 Å². The van der Waals surface area contributed by atoms with E-state index in [9.17, 15) is 13.6 Å². The molecule has 1 aromatic heterocycles. The van der Waals surface area contributed by atoms with Gasteiger partial charge in [0.1, 0.15) is 13.3 Å². The SMILES string of the molecule is CC(=O)c1cc2cc(CF)c(CF)cc2[nH]1. The van der Waals surface area contributed by atoms with Crippen LogP contribution in [0.1, 0.15) is 28.5 Å². The molecule has 16 heavy (non-hydrogen) atoms. The van der Waals surface area contributed by atoms with Gasteiger partial charge >= 0.3 is 0 Å². The van der Waals surface area contributed by atoms with Crippen molar-refractivity contribution in [1.29, 1.82) is 0 Å². The fourth-order valence-electron chi connectivity index (χ4n) is 1.71. The maximum atomic E-state index is 12.6. The molecule has 0 aliphatic carbocycles. The molecule has 4 heteroatoms. The van der Waals surface area contributed by atoms with Gasteiger partial charge in [-0.15, -0.1) is 0 Å². The Morgan fingerprint density at radius 1 is 1.19 bits per heavy atom. The zero-order chi connectivity index (χ0) is 11.7. The number of carbonyl (C=O) groups excluding carboxylic acids is 1. The molecule has 1 aromatic carbocycles. The van der Waals surface area contributed by atoms with E-state index in [2.05, 4.69) is 4.98 Å². The number of Topliss-reactive ketones (excluding diaryl/α,β-unsaturated/α-hetero) is 1. The van der Waals surface area contributed by atoms with Crippen molar-refractivity contribution in [1.82, 2.24) is 4.98 Å². The predicted octanol–water partition coefficient (Wildman–Crippen LogP) is 3.31. The number of aromatic amines is 1.